The fourth-order valence-corrected chi connectivity index (χ4v) is 1.51. The lowest BCUT2D eigenvalue weighted by atomic mass is 10.2. The Morgan fingerprint density at radius 3 is 2.47 bits per heavy atom. The van der Waals surface area contributed by atoms with Crippen LogP contribution in [0.4, 0.5) is 0 Å². The summed E-state index contributed by atoms with van der Waals surface area (Å²) < 4.78 is 5.62. The monoisotopic (exact) mass is 237 g/mol. The number of rotatable bonds is 9. The molecule has 96 valence electrons. The Balaban J connectivity index is 1.95. The van der Waals surface area contributed by atoms with E-state index in [1.54, 1.807) is 0 Å². The third kappa shape index (κ3) is 6.97. The maximum absolute atomic E-state index is 8.59. The van der Waals surface area contributed by atoms with Crippen LogP contribution in [-0.2, 0) is 0 Å². The van der Waals surface area contributed by atoms with E-state index in [1.165, 1.54) is 5.56 Å². The molecule has 0 bridgehead atoms. The Kier molecular flexibility index (Phi) is 7.43. The number of ether oxygens (including phenoxy) is 1. The summed E-state index contributed by atoms with van der Waals surface area (Å²) in [6.07, 6.45) is 3.00. The number of aliphatic hydroxyl groups excluding tert-OH is 1. The molecule has 3 heteroatoms. The van der Waals surface area contributed by atoms with Crippen LogP contribution in [0.2, 0.25) is 0 Å². The van der Waals surface area contributed by atoms with Crippen molar-refractivity contribution in [3.05, 3.63) is 29.8 Å². The van der Waals surface area contributed by atoms with E-state index in [1.807, 2.05) is 12.1 Å². The minimum Gasteiger partial charge on any atom is -0.494 e. The molecule has 0 amide bonds. The molecule has 0 heterocycles. The van der Waals surface area contributed by atoms with Gasteiger partial charge in [0.2, 0.25) is 0 Å². The van der Waals surface area contributed by atoms with Crippen LogP contribution in [0.25, 0.3) is 0 Å². The summed E-state index contributed by atoms with van der Waals surface area (Å²) in [6, 6.07) is 8.14. The molecule has 1 aromatic carbocycles. The molecular formula is C14H23NO2. The standard InChI is InChI=1S/C14H23NO2/c1-13-5-7-14(8-6-13)17-12-3-2-9-15-10-4-11-16/h5-8,15-16H,2-4,9-12H2,1H3. The summed E-state index contributed by atoms with van der Waals surface area (Å²) in [5.74, 6) is 0.948. The van der Waals surface area contributed by atoms with Gasteiger partial charge in [-0.1, -0.05) is 17.7 Å². The van der Waals surface area contributed by atoms with E-state index in [-0.39, 0.29) is 6.61 Å². The van der Waals surface area contributed by atoms with Crippen LogP contribution in [-0.4, -0.2) is 31.4 Å². The molecule has 2 N–H and O–H groups in total. The molecule has 0 aliphatic heterocycles. The van der Waals surface area contributed by atoms with Crippen molar-refractivity contribution in [1.82, 2.24) is 5.32 Å². The van der Waals surface area contributed by atoms with Gasteiger partial charge in [-0.25, -0.2) is 0 Å². The highest BCUT2D eigenvalue weighted by atomic mass is 16.5. The second kappa shape index (κ2) is 9.02. The van der Waals surface area contributed by atoms with Gasteiger partial charge in [-0.05, 0) is 51.4 Å². The number of unbranched alkanes of at least 4 members (excludes halogenated alkanes) is 1. The first-order valence-corrected chi connectivity index (χ1v) is 6.34. The van der Waals surface area contributed by atoms with Gasteiger partial charge in [0, 0.05) is 6.61 Å². The molecule has 1 rings (SSSR count). The maximum atomic E-state index is 8.59. The summed E-state index contributed by atoms with van der Waals surface area (Å²) in [4.78, 5) is 0. The molecule has 0 radical (unpaired) electrons. The van der Waals surface area contributed by atoms with E-state index in [0.717, 1.165) is 44.7 Å². The fraction of sp³-hybridized carbons (Fsp3) is 0.571. The number of aliphatic hydroxyl groups is 1. The molecule has 0 spiro atoms. The third-order valence-electron chi connectivity index (χ3n) is 2.55. The molecule has 3 nitrogen and oxygen atoms in total. The van der Waals surface area contributed by atoms with Crippen molar-refractivity contribution >= 4 is 0 Å². The van der Waals surface area contributed by atoms with Gasteiger partial charge >= 0.3 is 0 Å². The van der Waals surface area contributed by atoms with Crippen molar-refractivity contribution in [2.24, 2.45) is 0 Å². The number of hydrogen-bond acceptors (Lipinski definition) is 3. The lowest BCUT2D eigenvalue weighted by Gasteiger charge is -2.07. The van der Waals surface area contributed by atoms with Crippen molar-refractivity contribution in [1.29, 1.82) is 0 Å². The highest BCUT2D eigenvalue weighted by Crippen LogP contribution is 2.11. The van der Waals surface area contributed by atoms with Crippen molar-refractivity contribution in [2.75, 3.05) is 26.3 Å². The normalized spacial score (nSPS) is 10.5. The SMILES string of the molecule is Cc1ccc(OCCCCNCCCO)cc1. The number of nitrogens with one attached hydrogen (secondary N) is 1. The Labute approximate surface area is 104 Å². The molecule has 1 aromatic rings. The predicted molar refractivity (Wildman–Crippen MR) is 70.5 cm³/mol. The number of hydrogen-bond donors (Lipinski definition) is 2. The second-order valence-electron chi connectivity index (χ2n) is 4.20. The minimum atomic E-state index is 0.267. The Hall–Kier alpha value is -1.06. The predicted octanol–water partition coefficient (Wildman–Crippen LogP) is 2.13. The fourth-order valence-electron chi connectivity index (χ4n) is 1.51. The van der Waals surface area contributed by atoms with Crippen LogP contribution < -0.4 is 10.1 Å². The van der Waals surface area contributed by atoms with Crippen molar-refractivity contribution in [2.45, 2.75) is 26.2 Å². The molecule has 0 atom stereocenters. The molecule has 0 aromatic heterocycles. The van der Waals surface area contributed by atoms with Crippen LogP contribution in [0.15, 0.2) is 24.3 Å². The van der Waals surface area contributed by atoms with Gasteiger partial charge in [0.15, 0.2) is 0 Å². The largest absolute Gasteiger partial charge is 0.494 e. The molecule has 0 aliphatic rings. The van der Waals surface area contributed by atoms with Crippen molar-refractivity contribution < 1.29 is 9.84 Å². The van der Waals surface area contributed by atoms with E-state index in [0.29, 0.717) is 0 Å². The van der Waals surface area contributed by atoms with Crippen LogP contribution in [0.5, 0.6) is 5.75 Å². The maximum Gasteiger partial charge on any atom is 0.119 e. The van der Waals surface area contributed by atoms with E-state index >= 15 is 0 Å². The lowest BCUT2D eigenvalue weighted by Crippen LogP contribution is -2.18. The van der Waals surface area contributed by atoms with Crippen LogP contribution in [0.3, 0.4) is 0 Å². The zero-order valence-electron chi connectivity index (χ0n) is 10.6. The van der Waals surface area contributed by atoms with Crippen molar-refractivity contribution in [3.8, 4) is 5.75 Å². The lowest BCUT2D eigenvalue weighted by molar-refractivity contribution is 0.284. The zero-order valence-corrected chi connectivity index (χ0v) is 10.6. The summed E-state index contributed by atoms with van der Waals surface area (Å²) >= 11 is 0. The first kappa shape index (κ1) is 14.0. The van der Waals surface area contributed by atoms with Crippen molar-refractivity contribution in [3.63, 3.8) is 0 Å². The van der Waals surface area contributed by atoms with E-state index in [4.69, 9.17) is 9.84 Å². The molecule has 0 saturated heterocycles. The average Bonchev–Trinajstić information content (AvgIpc) is 2.35. The first-order valence-electron chi connectivity index (χ1n) is 6.34. The van der Waals surface area contributed by atoms with E-state index in [9.17, 15) is 0 Å². The molecule has 0 fully saturated rings. The summed E-state index contributed by atoms with van der Waals surface area (Å²) in [5, 5.41) is 11.9. The van der Waals surface area contributed by atoms with E-state index < -0.39 is 0 Å². The molecule has 17 heavy (non-hydrogen) atoms. The Morgan fingerprint density at radius 1 is 1.06 bits per heavy atom. The number of aryl methyl sites for hydroxylation is 1. The van der Waals surface area contributed by atoms with Crippen LogP contribution in [0.1, 0.15) is 24.8 Å². The molecule has 0 aliphatic carbocycles. The van der Waals surface area contributed by atoms with Gasteiger partial charge in [-0.2, -0.15) is 0 Å². The quantitative estimate of drug-likeness (QED) is 0.646. The topological polar surface area (TPSA) is 41.5 Å². The Bertz CT molecular complexity index is 285. The minimum absolute atomic E-state index is 0.267. The number of benzene rings is 1. The summed E-state index contributed by atoms with van der Waals surface area (Å²) in [7, 11) is 0. The summed E-state index contributed by atoms with van der Waals surface area (Å²) in [5.41, 5.74) is 1.26. The van der Waals surface area contributed by atoms with Gasteiger partial charge in [0.05, 0.1) is 6.61 Å². The van der Waals surface area contributed by atoms with Gasteiger partial charge in [0.1, 0.15) is 5.75 Å². The van der Waals surface area contributed by atoms with Gasteiger partial charge in [-0.15, -0.1) is 0 Å². The highest BCUT2D eigenvalue weighted by molar-refractivity contribution is 5.26. The van der Waals surface area contributed by atoms with Gasteiger partial charge < -0.3 is 15.2 Å². The first-order chi connectivity index (χ1) is 8.33. The zero-order chi connectivity index (χ0) is 12.3. The second-order valence-corrected chi connectivity index (χ2v) is 4.20. The van der Waals surface area contributed by atoms with Crippen LogP contribution >= 0.6 is 0 Å². The molecule has 0 unspecified atom stereocenters. The van der Waals surface area contributed by atoms with Crippen LogP contribution in [0, 0.1) is 6.92 Å². The smallest absolute Gasteiger partial charge is 0.119 e. The summed E-state index contributed by atoms with van der Waals surface area (Å²) in [6.45, 7) is 5.00. The average molecular weight is 237 g/mol. The third-order valence-corrected chi connectivity index (χ3v) is 2.55. The van der Waals surface area contributed by atoms with E-state index in [2.05, 4.69) is 24.4 Å². The Morgan fingerprint density at radius 2 is 1.76 bits per heavy atom. The van der Waals surface area contributed by atoms with Gasteiger partial charge in [-0.3, -0.25) is 0 Å². The molecule has 0 saturated carbocycles. The van der Waals surface area contributed by atoms with Gasteiger partial charge in [0.25, 0.3) is 0 Å². The highest BCUT2D eigenvalue weighted by Gasteiger charge is 1.93. The molecular weight excluding hydrogens is 214 g/mol.